The first-order chi connectivity index (χ1) is 7.08. The fourth-order valence-electron chi connectivity index (χ4n) is 1.12. The minimum Gasteiger partial charge on any atom is -0.497 e. The largest absolute Gasteiger partial charge is 0.497 e. The molecular formula is C11H18O4. The number of allylic oxidation sites excluding steroid dienone is 1. The van der Waals surface area contributed by atoms with Crippen molar-refractivity contribution in [3.05, 3.63) is 11.3 Å². The molecule has 15 heavy (non-hydrogen) atoms. The van der Waals surface area contributed by atoms with Crippen molar-refractivity contribution in [3.8, 4) is 0 Å². The molecule has 0 saturated heterocycles. The number of hydrogen-bond acceptors (Lipinski definition) is 4. The Kier molecular flexibility index (Phi) is 6.42. The van der Waals surface area contributed by atoms with Crippen molar-refractivity contribution < 1.29 is 19.1 Å². The fraction of sp³-hybridized carbons (Fsp3) is 0.636. The van der Waals surface area contributed by atoms with E-state index in [9.17, 15) is 9.59 Å². The van der Waals surface area contributed by atoms with Gasteiger partial charge in [0.05, 0.1) is 13.2 Å². The second-order valence-electron chi connectivity index (χ2n) is 2.86. The monoisotopic (exact) mass is 214 g/mol. The second-order valence-corrected chi connectivity index (χ2v) is 2.86. The van der Waals surface area contributed by atoms with Gasteiger partial charge in [0.1, 0.15) is 11.3 Å². The van der Waals surface area contributed by atoms with E-state index in [0.29, 0.717) is 12.4 Å². The van der Waals surface area contributed by atoms with Crippen LogP contribution in [0.5, 0.6) is 0 Å². The normalized spacial score (nSPS) is 11.7. The van der Waals surface area contributed by atoms with Gasteiger partial charge in [0, 0.05) is 6.42 Å². The van der Waals surface area contributed by atoms with Crippen LogP contribution in [0.3, 0.4) is 0 Å². The predicted octanol–water partition coefficient (Wildman–Crippen LogP) is 1.84. The first kappa shape index (κ1) is 13.7. The van der Waals surface area contributed by atoms with E-state index in [4.69, 9.17) is 9.47 Å². The smallest absolute Gasteiger partial charge is 0.345 e. The minimum absolute atomic E-state index is 0.0289. The summed E-state index contributed by atoms with van der Waals surface area (Å²) in [5.41, 5.74) is 0.0289. The van der Waals surface area contributed by atoms with Crippen LogP contribution in [-0.2, 0) is 19.1 Å². The van der Waals surface area contributed by atoms with Crippen LogP contribution < -0.4 is 0 Å². The molecule has 0 spiro atoms. The average Bonchev–Trinajstić information content (AvgIpc) is 2.18. The van der Waals surface area contributed by atoms with Gasteiger partial charge in [-0.15, -0.1) is 0 Å². The maximum absolute atomic E-state index is 11.5. The van der Waals surface area contributed by atoms with E-state index in [1.807, 2.05) is 0 Å². The Labute approximate surface area is 90.2 Å². The van der Waals surface area contributed by atoms with E-state index in [1.54, 1.807) is 27.7 Å². The highest BCUT2D eigenvalue weighted by molar-refractivity contribution is 6.17. The predicted molar refractivity (Wildman–Crippen MR) is 56.3 cm³/mol. The molecule has 0 heterocycles. The lowest BCUT2D eigenvalue weighted by atomic mass is 10.1. The van der Waals surface area contributed by atoms with Gasteiger partial charge in [0.15, 0.2) is 5.78 Å². The SMILES string of the molecule is CCOC(=O)C(C(=O)CC)=C(C)OCC. The van der Waals surface area contributed by atoms with Crippen molar-refractivity contribution in [1.29, 1.82) is 0 Å². The number of esters is 1. The third kappa shape index (κ3) is 4.14. The van der Waals surface area contributed by atoms with E-state index in [2.05, 4.69) is 0 Å². The van der Waals surface area contributed by atoms with Gasteiger partial charge < -0.3 is 9.47 Å². The summed E-state index contributed by atoms with van der Waals surface area (Å²) >= 11 is 0. The van der Waals surface area contributed by atoms with Crippen molar-refractivity contribution >= 4 is 11.8 Å². The number of hydrogen-bond donors (Lipinski definition) is 0. The molecule has 0 amide bonds. The van der Waals surface area contributed by atoms with Crippen LogP contribution in [-0.4, -0.2) is 25.0 Å². The van der Waals surface area contributed by atoms with Gasteiger partial charge in [0.25, 0.3) is 0 Å². The molecule has 0 N–H and O–H groups in total. The molecule has 86 valence electrons. The number of ether oxygens (including phenoxy) is 2. The molecular weight excluding hydrogens is 196 g/mol. The zero-order chi connectivity index (χ0) is 11.8. The third-order valence-corrected chi connectivity index (χ3v) is 1.79. The van der Waals surface area contributed by atoms with Crippen LogP contribution in [0, 0.1) is 0 Å². The Morgan fingerprint density at radius 2 is 1.53 bits per heavy atom. The summed E-state index contributed by atoms with van der Waals surface area (Å²) in [6, 6.07) is 0. The molecule has 0 aliphatic rings. The zero-order valence-electron chi connectivity index (χ0n) is 9.75. The molecule has 0 atom stereocenters. The van der Waals surface area contributed by atoms with Crippen LogP contribution >= 0.6 is 0 Å². The average molecular weight is 214 g/mol. The van der Waals surface area contributed by atoms with Gasteiger partial charge in [-0.3, -0.25) is 4.79 Å². The quantitative estimate of drug-likeness (QED) is 0.222. The Bertz CT molecular complexity index is 266. The Balaban J connectivity index is 4.95. The van der Waals surface area contributed by atoms with Crippen molar-refractivity contribution in [2.24, 2.45) is 0 Å². The lowest BCUT2D eigenvalue weighted by Crippen LogP contribution is -2.18. The van der Waals surface area contributed by atoms with Gasteiger partial charge in [-0.05, 0) is 20.8 Å². The molecule has 0 aliphatic heterocycles. The minimum atomic E-state index is -0.602. The summed E-state index contributed by atoms with van der Waals surface area (Å²) in [5, 5.41) is 0. The highest BCUT2D eigenvalue weighted by Crippen LogP contribution is 2.11. The fourth-order valence-corrected chi connectivity index (χ4v) is 1.12. The van der Waals surface area contributed by atoms with Gasteiger partial charge in [-0.2, -0.15) is 0 Å². The summed E-state index contributed by atoms with van der Waals surface area (Å²) in [4.78, 5) is 23.0. The molecule has 0 radical (unpaired) electrons. The van der Waals surface area contributed by atoms with Crippen molar-refractivity contribution in [1.82, 2.24) is 0 Å². The molecule has 0 aromatic rings. The standard InChI is InChI=1S/C11H18O4/c1-5-9(12)10(8(4)14-6-2)11(13)15-7-3/h5-7H2,1-4H3. The number of Topliss-reactive ketones (excluding diaryl/α,β-unsaturated/α-hetero) is 1. The lowest BCUT2D eigenvalue weighted by Gasteiger charge is -2.09. The summed E-state index contributed by atoms with van der Waals surface area (Å²) in [6.07, 6.45) is 0.262. The molecule has 0 rings (SSSR count). The zero-order valence-corrected chi connectivity index (χ0v) is 9.75. The molecule has 0 saturated carbocycles. The number of rotatable bonds is 6. The van der Waals surface area contributed by atoms with Gasteiger partial charge in [-0.25, -0.2) is 4.79 Å². The van der Waals surface area contributed by atoms with Crippen LogP contribution in [0.1, 0.15) is 34.1 Å². The topological polar surface area (TPSA) is 52.6 Å². The maximum Gasteiger partial charge on any atom is 0.345 e. The molecule has 0 aromatic carbocycles. The first-order valence-corrected chi connectivity index (χ1v) is 5.12. The highest BCUT2D eigenvalue weighted by Gasteiger charge is 2.21. The van der Waals surface area contributed by atoms with E-state index < -0.39 is 5.97 Å². The summed E-state index contributed by atoms with van der Waals surface area (Å²) < 4.78 is 9.95. The van der Waals surface area contributed by atoms with E-state index >= 15 is 0 Å². The Morgan fingerprint density at radius 3 is 1.93 bits per heavy atom. The molecule has 0 unspecified atom stereocenters. The molecule has 0 fully saturated rings. The van der Waals surface area contributed by atoms with Crippen LogP contribution in [0.15, 0.2) is 11.3 Å². The highest BCUT2D eigenvalue weighted by atomic mass is 16.5. The van der Waals surface area contributed by atoms with Crippen molar-refractivity contribution in [2.75, 3.05) is 13.2 Å². The van der Waals surface area contributed by atoms with Crippen molar-refractivity contribution in [2.45, 2.75) is 34.1 Å². The van der Waals surface area contributed by atoms with Crippen LogP contribution in [0.25, 0.3) is 0 Å². The summed E-state index contributed by atoms with van der Waals surface area (Å²) in [6.45, 7) is 7.46. The maximum atomic E-state index is 11.5. The van der Waals surface area contributed by atoms with Crippen molar-refractivity contribution in [3.63, 3.8) is 0 Å². The second kappa shape index (κ2) is 7.04. The van der Waals surface area contributed by atoms with Crippen LogP contribution in [0.4, 0.5) is 0 Å². The summed E-state index contributed by atoms with van der Waals surface area (Å²) in [7, 11) is 0. The van der Waals surface area contributed by atoms with Gasteiger partial charge >= 0.3 is 5.97 Å². The summed E-state index contributed by atoms with van der Waals surface area (Å²) in [5.74, 6) is -0.516. The number of carbonyl (C=O) groups excluding carboxylic acids is 2. The first-order valence-electron chi connectivity index (χ1n) is 5.12. The number of carbonyl (C=O) groups is 2. The van der Waals surface area contributed by atoms with E-state index in [-0.39, 0.29) is 24.4 Å². The molecule has 4 heteroatoms. The van der Waals surface area contributed by atoms with E-state index in [1.165, 1.54) is 0 Å². The van der Waals surface area contributed by atoms with Crippen LogP contribution in [0.2, 0.25) is 0 Å². The third-order valence-electron chi connectivity index (χ3n) is 1.79. The molecule has 4 nitrogen and oxygen atoms in total. The lowest BCUT2D eigenvalue weighted by molar-refractivity contribution is -0.140. The Morgan fingerprint density at radius 1 is 1.00 bits per heavy atom. The van der Waals surface area contributed by atoms with Gasteiger partial charge in [-0.1, -0.05) is 6.92 Å². The molecule has 0 bridgehead atoms. The van der Waals surface area contributed by atoms with Gasteiger partial charge in [0.2, 0.25) is 0 Å². The molecule has 0 aromatic heterocycles. The number of ketones is 1. The molecule has 0 aliphatic carbocycles. The van der Waals surface area contributed by atoms with E-state index in [0.717, 1.165) is 0 Å². The Hall–Kier alpha value is -1.32.